The van der Waals surface area contributed by atoms with Gasteiger partial charge in [-0.25, -0.2) is 14.0 Å². The summed E-state index contributed by atoms with van der Waals surface area (Å²) in [5, 5.41) is 9.00. The molecule has 1 amide bonds. The largest absolute Gasteiger partial charge is 0.478 e. The van der Waals surface area contributed by atoms with Crippen LogP contribution in [0.15, 0.2) is 12.1 Å². The maximum atomic E-state index is 14.1. The number of carboxylic acid groups (broad SMARTS) is 1. The van der Waals surface area contributed by atoms with E-state index in [2.05, 4.69) is 0 Å². The van der Waals surface area contributed by atoms with Crippen LogP contribution in [0.1, 0.15) is 42.3 Å². The third kappa shape index (κ3) is 3.75. The molecule has 2 rings (SSSR count). The molecule has 0 unspecified atom stereocenters. The number of carbonyl (C=O) groups excluding carboxylic acids is 1. The third-order valence-corrected chi connectivity index (χ3v) is 3.47. The lowest BCUT2D eigenvalue weighted by Gasteiger charge is -2.26. The fraction of sp³-hybridized carbons (Fsp3) is 0.500. The van der Waals surface area contributed by atoms with Crippen molar-refractivity contribution in [1.29, 1.82) is 0 Å². The highest BCUT2D eigenvalue weighted by Gasteiger charge is 2.25. The van der Waals surface area contributed by atoms with Gasteiger partial charge in [-0.15, -0.1) is 0 Å². The fourth-order valence-electron chi connectivity index (χ4n) is 2.44. The number of carbonyl (C=O) groups is 2. The summed E-state index contributed by atoms with van der Waals surface area (Å²) in [6.45, 7) is 6.10. The quantitative estimate of drug-likeness (QED) is 0.866. The van der Waals surface area contributed by atoms with Gasteiger partial charge >= 0.3 is 12.1 Å². The van der Waals surface area contributed by atoms with Gasteiger partial charge in [0.25, 0.3) is 0 Å². The van der Waals surface area contributed by atoms with Crippen LogP contribution in [0.4, 0.5) is 9.18 Å². The van der Waals surface area contributed by atoms with E-state index in [9.17, 15) is 14.0 Å². The van der Waals surface area contributed by atoms with Crippen LogP contribution in [-0.4, -0.2) is 40.8 Å². The highest BCUT2D eigenvalue weighted by Crippen LogP contribution is 2.22. The summed E-state index contributed by atoms with van der Waals surface area (Å²) in [7, 11) is 0. The van der Waals surface area contributed by atoms with Crippen molar-refractivity contribution in [2.75, 3.05) is 13.1 Å². The molecular formula is C16H20FNO4. The van der Waals surface area contributed by atoms with Gasteiger partial charge in [-0.3, -0.25) is 0 Å². The number of rotatable bonds is 1. The monoisotopic (exact) mass is 309 g/mol. The molecule has 1 aliphatic heterocycles. The minimum Gasteiger partial charge on any atom is -0.478 e. The van der Waals surface area contributed by atoms with E-state index in [-0.39, 0.29) is 5.56 Å². The average Bonchev–Trinajstić information content (AvgIpc) is 2.59. The van der Waals surface area contributed by atoms with Gasteiger partial charge in [0, 0.05) is 13.1 Å². The van der Waals surface area contributed by atoms with Crippen LogP contribution in [0, 0.1) is 5.82 Å². The van der Waals surface area contributed by atoms with Crippen molar-refractivity contribution in [2.45, 2.75) is 39.2 Å². The smallest absolute Gasteiger partial charge is 0.410 e. The Kier molecular flexibility index (Phi) is 4.39. The lowest BCUT2D eigenvalue weighted by atomic mass is 9.99. The molecule has 22 heavy (non-hydrogen) atoms. The van der Waals surface area contributed by atoms with Gasteiger partial charge in [-0.1, -0.05) is 0 Å². The molecule has 1 aliphatic rings. The second kappa shape index (κ2) is 5.94. The van der Waals surface area contributed by atoms with Gasteiger partial charge in [0.2, 0.25) is 0 Å². The minimum atomic E-state index is -1.16. The zero-order valence-corrected chi connectivity index (χ0v) is 13.0. The predicted molar refractivity (Wildman–Crippen MR) is 78.6 cm³/mol. The molecule has 1 aromatic carbocycles. The lowest BCUT2D eigenvalue weighted by molar-refractivity contribution is 0.0258. The molecule has 0 aliphatic carbocycles. The van der Waals surface area contributed by atoms with E-state index in [0.717, 1.165) is 6.07 Å². The van der Waals surface area contributed by atoms with Crippen LogP contribution < -0.4 is 0 Å². The van der Waals surface area contributed by atoms with E-state index in [1.807, 2.05) is 0 Å². The summed E-state index contributed by atoms with van der Waals surface area (Å²) in [6, 6.07) is 2.52. The predicted octanol–water partition coefficient (Wildman–Crippen LogP) is 2.86. The molecule has 0 bridgehead atoms. The molecule has 1 N–H and O–H groups in total. The minimum absolute atomic E-state index is 0.0676. The van der Waals surface area contributed by atoms with Crippen molar-refractivity contribution in [2.24, 2.45) is 0 Å². The molecule has 0 aromatic heterocycles. The van der Waals surface area contributed by atoms with Crippen molar-refractivity contribution >= 4 is 12.1 Å². The summed E-state index contributed by atoms with van der Waals surface area (Å²) >= 11 is 0. The number of benzene rings is 1. The zero-order valence-electron chi connectivity index (χ0n) is 13.0. The van der Waals surface area contributed by atoms with Crippen molar-refractivity contribution in [3.8, 4) is 0 Å². The second-order valence-electron chi connectivity index (χ2n) is 6.37. The zero-order chi connectivity index (χ0) is 16.5. The van der Waals surface area contributed by atoms with E-state index in [1.165, 1.54) is 11.0 Å². The lowest BCUT2D eigenvalue weighted by Crippen LogP contribution is -2.38. The SMILES string of the molecule is CC(C)(C)OC(=O)N1CCc2cc(C(=O)O)cc(F)c2CC1. The van der Waals surface area contributed by atoms with Crippen LogP contribution >= 0.6 is 0 Å². The van der Waals surface area contributed by atoms with Crippen molar-refractivity contribution in [1.82, 2.24) is 4.90 Å². The summed E-state index contributed by atoms with van der Waals surface area (Å²) in [4.78, 5) is 24.6. The van der Waals surface area contributed by atoms with E-state index < -0.39 is 23.5 Å². The van der Waals surface area contributed by atoms with Crippen LogP contribution in [-0.2, 0) is 17.6 Å². The standard InChI is InChI=1S/C16H20FNO4/c1-16(2,3)22-15(21)18-6-4-10-8-11(14(19)20)9-13(17)12(10)5-7-18/h8-9H,4-7H2,1-3H3,(H,19,20). The van der Waals surface area contributed by atoms with E-state index in [4.69, 9.17) is 9.84 Å². The average molecular weight is 309 g/mol. The number of nitrogens with zero attached hydrogens (tertiary/aromatic N) is 1. The van der Waals surface area contributed by atoms with Crippen LogP contribution in [0.25, 0.3) is 0 Å². The number of aromatic carboxylic acids is 1. The third-order valence-electron chi connectivity index (χ3n) is 3.47. The Morgan fingerprint density at radius 2 is 1.86 bits per heavy atom. The Bertz CT molecular complexity index is 607. The molecule has 5 nitrogen and oxygen atoms in total. The first-order valence-electron chi connectivity index (χ1n) is 7.20. The summed E-state index contributed by atoms with van der Waals surface area (Å²) in [5.74, 6) is -1.68. The molecule has 0 saturated heterocycles. The van der Waals surface area contributed by atoms with E-state index in [0.29, 0.717) is 37.1 Å². The Morgan fingerprint density at radius 3 is 2.45 bits per heavy atom. The molecule has 0 spiro atoms. The van der Waals surface area contributed by atoms with Crippen molar-refractivity contribution in [3.63, 3.8) is 0 Å². The van der Waals surface area contributed by atoms with Gasteiger partial charge in [0.15, 0.2) is 0 Å². The highest BCUT2D eigenvalue weighted by molar-refractivity contribution is 5.88. The van der Waals surface area contributed by atoms with Crippen molar-refractivity contribution < 1.29 is 23.8 Å². The number of halogens is 1. The number of carboxylic acids is 1. The molecule has 0 atom stereocenters. The van der Waals surface area contributed by atoms with E-state index >= 15 is 0 Å². The van der Waals surface area contributed by atoms with Gasteiger partial charge < -0.3 is 14.7 Å². The van der Waals surface area contributed by atoms with Crippen LogP contribution in [0.3, 0.4) is 0 Å². The number of hydrogen-bond acceptors (Lipinski definition) is 3. The summed E-state index contributed by atoms with van der Waals surface area (Å²) < 4.78 is 19.4. The first-order valence-corrected chi connectivity index (χ1v) is 7.20. The first kappa shape index (κ1) is 16.3. The summed E-state index contributed by atoms with van der Waals surface area (Å²) in [6.07, 6.45) is 0.326. The molecule has 0 fully saturated rings. The first-order chi connectivity index (χ1) is 10.2. The Labute approximate surface area is 128 Å². The number of fused-ring (bicyclic) bond motifs is 1. The normalized spacial score (nSPS) is 15.0. The molecule has 120 valence electrons. The highest BCUT2D eigenvalue weighted by atomic mass is 19.1. The fourth-order valence-corrected chi connectivity index (χ4v) is 2.44. The van der Waals surface area contributed by atoms with Crippen LogP contribution in [0.2, 0.25) is 0 Å². The molecule has 0 saturated carbocycles. The molecule has 1 heterocycles. The number of ether oxygens (including phenoxy) is 1. The number of hydrogen-bond donors (Lipinski definition) is 1. The van der Waals surface area contributed by atoms with Gasteiger partial charge in [0.05, 0.1) is 5.56 Å². The molecule has 0 radical (unpaired) electrons. The Hall–Kier alpha value is -2.11. The van der Waals surface area contributed by atoms with Gasteiger partial charge in [0.1, 0.15) is 11.4 Å². The summed E-state index contributed by atoms with van der Waals surface area (Å²) in [5.41, 5.74) is 0.472. The van der Waals surface area contributed by atoms with Crippen molar-refractivity contribution in [3.05, 3.63) is 34.6 Å². The molecular weight excluding hydrogens is 289 g/mol. The van der Waals surface area contributed by atoms with Gasteiger partial charge in [-0.2, -0.15) is 0 Å². The van der Waals surface area contributed by atoms with Gasteiger partial charge in [-0.05, 0) is 56.9 Å². The second-order valence-corrected chi connectivity index (χ2v) is 6.37. The Balaban J connectivity index is 2.18. The van der Waals surface area contributed by atoms with E-state index in [1.54, 1.807) is 20.8 Å². The maximum Gasteiger partial charge on any atom is 0.410 e. The maximum absolute atomic E-state index is 14.1. The van der Waals surface area contributed by atoms with Crippen LogP contribution in [0.5, 0.6) is 0 Å². The molecule has 1 aromatic rings. The number of amides is 1. The molecule has 6 heteroatoms. The Morgan fingerprint density at radius 1 is 1.23 bits per heavy atom. The topological polar surface area (TPSA) is 66.8 Å².